The third-order valence-electron chi connectivity index (χ3n) is 3.55. The van der Waals surface area contributed by atoms with Gasteiger partial charge in [-0.25, -0.2) is 9.78 Å². The molecule has 2 rings (SSSR count). The van der Waals surface area contributed by atoms with Crippen molar-refractivity contribution in [3.05, 3.63) is 18.3 Å². The quantitative estimate of drug-likeness (QED) is 0.866. The van der Waals surface area contributed by atoms with Gasteiger partial charge in [-0.3, -0.25) is 4.79 Å². The smallest absolute Gasteiger partial charge is 0.319 e. The molecule has 1 aliphatic rings. The number of hydrogen-bond donors (Lipinski definition) is 2. The summed E-state index contributed by atoms with van der Waals surface area (Å²) in [6.07, 6.45) is 5.29. The standard InChI is InChI=1S/C15H22N4O3/c1-22-14-12(6-5-8-16-14)18-15(21)17-9-11-19-10-4-2-3-7-13(19)20/h5-6,8H,2-4,7,9-11H2,1H3,(H2,17,18,21). The van der Waals surface area contributed by atoms with E-state index in [0.717, 1.165) is 25.8 Å². The number of nitrogens with zero attached hydrogens (tertiary/aromatic N) is 2. The monoisotopic (exact) mass is 306 g/mol. The lowest BCUT2D eigenvalue weighted by atomic mass is 10.2. The fraction of sp³-hybridized carbons (Fsp3) is 0.533. The summed E-state index contributed by atoms with van der Waals surface area (Å²) in [5.74, 6) is 0.536. The van der Waals surface area contributed by atoms with Crippen LogP contribution in [0.4, 0.5) is 10.5 Å². The lowest BCUT2D eigenvalue weighted by Gasteiger charge is -2.20. The first kappa shape index (κ1) is 16.1. The minimum Gasteiger partial charge on any atom is -0.480 e. The van der Waals surface area contributed by atoms with Gasteiger partial charge in [-0.2, -0.15) is 0 Å². The number of nitrogens with one attached hydrogen (secondary N) is 2. The van der Waals surface area contributed by atoms with Crippen LogP contribution in [-0.2, 0) is 4.79 Å². The van der Waals surface area contributed by atoms with Crippen LogP contribution in [0.5, 0.6) is 5.88 Å². The van der Waals surface area contributed by atoms with Crippen LogP contribution in [-0.4, -0.2) is 48.6 Å². The summed E-state index contributed by atoms with van der Waals surface area (Å²) in [4.78, 5) is 29.5. The molecular formula is C15H22N4O3. The zero-order chi connectivity index (χ0) is 15.8. The van der Waals surface area contributed by atoms with E-state index in [1.54, 1.807) is 18.3 Å². The number of anilines is 1. The number of likely N-dealkylation sites (tertiary alicyclic amines) is 1. The van der Waals surface area contributed by atoms with Crippen LogP contribution in [0.15, 0.2) is 18.3 Å². The second-order valence-corrected chi connectivity index (χ2v) is 5.13. The molecular weight excluding hydrogens is 284 g/mol. The van der Waals surface area contributed by atoms with Crippen molar-refractivity contribution >= 4 is 17.6 Å². The number of rotatable bonds is 5. The molecule has 0 aromatic carbocycles. The van der Waals surface area contributed by atoms with Gasteiger partial charge in [0, 0.05) is 32.3 Å². The average Bonchev–Trinajstić information content (AvgIpc) is 2.73. The number of carbonyl (C=O) groups excluding carboxylic acids is 2. The fourth-order valence-corrected chi connectivity index (χ4v) is 2.39. The van der Waals surface area contributed by atoms with Crippen LogP contribution in [0, 0.1) is 0 Å². The van der Waals surface area contributed by atoms with E-state index < -0.39 is 0 Å². The number of aromatic nitrogens is 1. The Hall–Kier alpha value is -2.31. The van der Waals surface area contributed by atoms with Crippen LogP contribution < -0.4 is 15.4 Å². The van der Waals surface area contributed by atoms with Crippen LogP contribution in [0.2, 0.25) is 0 Å². The van der Waals surface area contributed by atoms with Crippen molar-refractivity contribution < 1.29 is 14.3 Å². The minimum absolute atomic E-state index is 0.175. The Kier molecular flexibility index (Phi) is 6.00. The minimum atomic E-state index is -0.339. The molecule has 7 nitrogen and oxygen atoms in total. The van der Waals surface area contributed by atoms with Crippen molar-refractivity contribution in [1.82, 2.24) is 15.2 Å². The van der Waals surface area contributed by atoms with Crippen molar-refractivity contribution in [2.45, 2.75) is 25.7 Å². The third-order valence-corrected chi connectivity index (χ3v) is 3.55. The molecule has 22 heavy (non-hydrogen) atoms. The summed E-state index contributed by atoms with van der Waals surface area (Å²) in [5, 5.41) is 5.43. The van der Waals surface area contributed by atoms with E-state index in [4.69, 9.17) is 4.74 Å². The van der Waals surface area contributed by atoms with Crippen LogP contribution in [0.3, 0.4) is 0 Å². The van der Waals surface area contributed by atoms with Crippen LogP contribution in [0.25, 0.3) is 0 Å². The molecule has 1 fully saturated rings. The highest BCUT2D eigenvalue weighted by Crippen LogP contribution is 2.19. The molecule has 0 bridgehead atoms. The average molecular weight is 306 g/mol. The van der Waals surface area contributed by atoms with Crippen LogP contribution in [0.1, 0.15) is 25.7 Å². The number of hydrogen-bond acceptors (Lipinski definition) is 4. The number of amides is 3. The SMILES string of the molecule is COc1ncccc1NC(=O)NCCN1CCCCCC1=O. The lowest BCUT2D eigenvalue weighted by molar-refractivity contribution is -0.130. The maximum Gasteiger partial charge on any atom is 0.319 e. The Morgan fingerprint density at radius 1 is 1.41 bits per heavy atom. The van der Waals surface area contributed by atoms with Gasteiger partial charge in [-0.1, -0.05) is 6.42 Å². The first-order valence-corrected chi connectivity index (χ1v) is 7.52. The van der Waals surface area contributed by atoms with Crippen LogP contribution >= 0.6 is 0 Å². The molecule has 1 aromatic rings. The summed E-state index contributed by atoms with van der Waals surface area (Å²) in [6.45, 7) is 1.73. The first-order chi connectivity index (χ1) is 10.7. The summed E-state index contributed by atoms with van der Waals surface area (Å²) >= 11 is 0. The van der Waals surface area contributed by atoms with E-state index in [1.165, 1.54) is 7.11 Å². The largest absolute Gasteiger partial charge is 0.480 e. The van der Waals surface area contributed by atoms with Crippen molar-refractivity contribution in [3.8, 4) is 5.88 Å². The normalized spacial score (nSPS) is 15.1. The molecule has 2 heterocycles. The Bertz CT molecular complexity index is 521. The van der Waals surface area contributed by atoms with E-state index in [9.17, 15) is 9.59 Å². The molecule has 3 amide bonds. The Labute approximate surface area is 130 Å². The molecule has 0 saturated carbocycles. The van der Waals surface area contributed by atoms with E-state index >= 15 is 0 Å². The number of urea groups is 1. The van der Waals surface area contributed by atoms with Gasteiger partial charge >= 0.3 is 6.03 Å². The van der Waals surface area contributed by atoms with Gasteiger partial charge < -0.3 is 20.3 Å². The predicted octanol–water partition coefficient (Wildman–Crippen LogP) is 1.61. The summed E-state index contributed by atoms with van der Waals surface area (Å²) in [6, 6.07) is 3.09. The molecule has 2 N–H and O–H groups in total. The van der Waals surface area contributed by atoms with Crippen molar-refractivity contribution in [1.29, 1.82) is 0 Å². The molecule has 1 aliphatic heterocycles. The molecule has 1 aromatic heterocycles. The molecule has 0 spiro atoms. The Balaban J connectivity index is 1.76. The highest BCUT2D eigenvalue weighted by atomic mass is 16.5. The third kappa shape index (κ3) is 4.61. The summed E-state index contributed by atoms with van der Waals surface area (Å²) in [7, 11) is 1.50. The summed E-state index contributed by atoms with van der Waals surface area (Å²) in [5.41, 5.74) is 0.508. The second-order valence-electron chi connectivity index (χ2n) is 5.13. The maximum atomic E-state index is 11.9. The van der Waals surface area contributed by atoms with Crippen molar-refractivity contribution in [2.75, 3.05) is 32.1 Å². The van der Waals surface area contributed by atoms with Gasteiger partial charge in [0.1, 0.15) is 5.69 Å². The van der Waals surface area contributed by atoms with Crippen molar-refractivity contribution in [3.63, 3.8) is 0 Å². The zero-order valence-corrected chi connectivity index (χ0v) is 12.8. The molecule has 0 atom stereocenters. The van der Waals surface area contributed by atoms with Crippen molar-refractivity contribution in [2.24, 2.45) is 0 Å². The number of methoxy groups -OCH3 is 1. The maximum absolute atomic E-state index is 11.9. The van der Waals surface area contributed by atoms with E-state index in [2.05, 4.69) is 15.6 Å². The lowest BCUT2D eigenvalue weighted by Crippen LogP contribution is -2.39. The van der Waals surface area contributed by atoms with Gasteiger partial charge in [0.25, 0.3) is 0 Å². The number of ether oxygens (including phenoxy) is 1. The molecule has 1 saturated heterocycles. The van der Waals surface area contributed by atoms with Gasteiger partial charge in [-0.15, -0.1) is 0 Å². The predicted molar refractivity (Wildman–Crippen MR) is 82.9 cm³/mol. The van der Waals surface area contributed by atoms with Gasteiger partial charge in [0.2, 0.25) is 11.8 Å². The number of pyridine rings is 1. The fourth-order valence-electron chi connectivity index (χ4n) is 2.39. The second kappa shape index (κ2) is 8.21. The van der Waals surface area contributed by atoms with Gasteiger partial charge in [-0.05, 0) is 25.0 Å². The first-order valence-electron chi connectivity index (χ1n) is 7.52. The Morgan fingerprint density at radius 3 is 3.09 bits per heavy atom. The Morgan fingerprint density at radius 2 is 2.27 bits per heavy atom. The zero-order valence-electron chi connectivity index (χ0n) is 12.8. The summed E-state index contributed by atoms with van der Waals surface area (Å²) < 4.78 is 5.07. The molecule has 0 unspecified atom stereocenters. The highest BCUT2D eigenvalue weighted by Gasteiger charge is 2.16. The highest BCUT2D eigenvalue weighted by molar-refractivity contribution is 5.90. The topological polar surface area (TPSA) is 83.6 Å². The van der Waals surface area contributed by atoms with E-state index in [-0.39, 0.29) is 11.9 Å². The molecule has 0 aliphatic carbocycles. The molecule has 120 valence electrons. The molecule has 7 heteroatoms. The van der Waals surface area contributed by atoms with Gasteiger partial charge in [0.05, 0.1) is 7.11 Å². The van der Waals surface area contributed by atoms with Gasteiger partial charge in [0.15, 0.2) is 0 Å². The van der Waals surface area contributed by atoms with E-state index in [1.807, 2.05) is 4.90 Å². The molecule has 0 radical (unpaired) electrons. The van der Waals surface area contributed by atoms with E-state index in [0.29, 0.717) is 31.1 Å². The number of carbonyl (C=O) groups is 2.